The van der Waals surface area contributed by atoms with Gasteiger partial charge in [0.15, 0.2) is 0 Å². The third-order valence-electron chi connectivity index (χ3n) is 5.10. The summed E-state index contributed by atoms with van der Waals surface area (Å²) in [6.07, 6.45) is 2.10. The van der Waals surface area contributed by atoms with Crippen LogP contribution >= 0.6 is 0 Å². The summed E-state index contributed by atoms with van der Waals surface area (Å²) < 4.78 is 5.66. The normalized spacial score (nSPS) is 13.9. The van der Waals surface area contributed by atoms with Gasteiger partial charge in [-0.2, -0.15) is 0 Å². The number of carbonyl (C=O) groups is 2. The monoisotopic (exact) mass is 395 g/mol. The molecule has 1 heterocycles. The van der Waals surface area contributed by atoms with Gasteiger partial charge in [-0.25, -0.2) is 0 Å². The highest BCUT2D eigenvalue weighted by Crippen LogP contribution is 2.27. The molecule has 29 heavy (non-hydrogen) atoms. The summed E-state index contributed by atoms with van der Waals surface area (Å²) in [5, 5.41) is 3.03. The lowest BCUT2D eigenvalue weighted by Crippen LogP contribution is -2.48. The Morgan fingerprint density at radius 2 is 1.69 bits per heavy atom. The average Bonchev–Trinajstić information content (AvgIpc) is 2.75. The Balaban J connectivity index is 1.64. The fourth-order valence-electron chi connectivity index (χ4n) is 3.35. The maximum absolute atomic E-state index is 12.7. The smallest absolute Gasteiger partial charge is 0.255 e. The van der Waals surface area contributed by atoms with E-state index in [4.69, 9.17) is 4.74 Å². The number of carbonyl (C=O) groups excluding carboxylic acids is 2. The summed E-state index contributed by atoms with van der Waals surface area (Å²) in [6.45, 7) is 7.29. The molecule has 1 aliphatic rings. The minimum atomic E-state index is -0.153. The van der Waals surface area contributed by atoms with Gasteiger partial charge in [0.2, 0.25) is 5.91 Å². The van der Waals surface area contributed by atoms with Crippen LogP contribution in [0.15, 0.2) is 48.5 Å². The van der Waals surface area contributed by atoms with Crippen molar-refractivity contribution in [1.29, 1.82) is 0 Å². The molecule has 0 spiro atoms. The number of ether oxygens (including phenoxy) is 1. The standard InChI is InChI=1S/C23H29N3O3/c1-3-4-17-29-20-11-9-19(10-12-20)23(28)24-21-7-5-6-8-22(21)26-15-13-25(14-16-26)18(2)27/h5-12H,3-4,13-17H2,1-2H3,(H,24,28). The average molecular weight is 396 g/mol. The molecule has 154 valence electrons. The van der Waals surface area contributed by atoms with Crippen LogP contribution in [0.4, 0.5) is 11.4 Å². The first-order valence-corrected chi connectivity index (χ1v) is 10.2. The van der Waals surface area contributed by atoms with Crippen molar-refractivity contribution in [2.24, 2.45) is 0 Å². The van der Waals surface area contributed by atoms with E-state index in [0.29, 0.717) is 25.3 Å². The third-order valence-corrected chi connectivity index (χ3v) is 5.10. The van der Waals surface area contributed by atoms with E-state index in [1.54, 1.807) is 19.1 Å². The van der Waals surface area contributed by atoms with Crippen LogP contribution < -0.4 is 15.0 Å². The number of hydrogen-bond acceptors (Lipinski definition) is 4. The van der Waals surface area contributed by atoms with Gasteiger partial charge in [0, 0.05) is 38.7 Å². The second-order valence-electron chi connectivity index (χ2n) is 7.19. The van der Waals surface area contributed by atoms with Crippen LogP contribution in [-0.2, 0) is 4.79 Å². The molecule has 2 amide bonds. The number of anilines is 2. The summed E-state index contributed by atoms with van der Waals surface area (Å²) >= 11 is 0. The number of amides is 2. The van der Waals surface area contributed by atoms with Crippen LogP contribution in [0.25, 0.3) is 0 Å². The number of unbranched alkanes of at least 4 members (excludes halogenated alkanes) is 1. The topological polar surface area (TPSA) is 61.9 Å². The van der Waals surface area contributed by atoms with Gasteiger partial charge in [0.25, 0.3) is 5.91 Å². The first-order valence-electron chi connectivity index (χ1n) is 10.2. The van der Waals surface area contributed by atoms with E-state index >= 15 is 0 Å². The number of nitrogens with zero attached hydrogens (tertiary/aromatic N) is 2. The molecule has 1 aliphatic heterocycles. The quantitative estimate of drug-likeness (QED) is 0.725. The van der Waals surface area contributed by atoms with E-state index in [9.17, 15) is 9.59 Å². The summed E-state index contributed by atoms with van der Waals surface area (Å²) in [6, 6.07) is 15.0. The lowest BCUT2D eigenvalue weighted by atomic mass is 10.1. The lowest BCUT2D eigenvalue weighted by Gasteiger charge is -2.36. The predicted molar refractivity (Wildman–Crippen MR) is 116 cm³/mol. The van der Waals surface area contributed by atoms with Crippen LogP contribution in [0, 0.1) is 0 Å². The molecule has 1 saturated heterocycles. The lowest BCUT2D eigenvalue weighted by molar-refractivity contribution is -0.129. The fourth-order valence-corrected chi connectivity index (χ4v) is 3.35. The number of para-hydroxylation sites is 2. The molecular formula is C23H29N3O3. The largest absolute Gasteiger partial charge is 0.494 e. The molecule has 0 aliphatic carbocycles. The predicted octanol–water partition coefficient (Wildman–Crippen LogP) is 3.79. The molecule has 1 fully saturated rings. The molecule has 0 bridgehead atoms. The van der Waals surface area contributed by atoms with Crippen molar-refractivity contribution in [3.63, 3.8) is 0 Å². The van der Waals surface area contributed by atoms with E-state index in [1.807, 2.05) is 41.3 Å². The molecule has 2 aromatic rings. The molecule has 0 aromatic heterocycles. The highest BCUT2D eigenvalue weighted by atomic mass is 16.5. The Morgan fingerprint density at radius 1 is 1.00 bits per heavy atom. The number of hydrogen-bond donors (Lipinski definition) is 1. The zero-order chi connectivity index (χ0) is 20.6. The molecule has 0 unspecified atom stereocenters. The van der Waals surface area contributed by atoms with Crippen molar-refractivity contribution in [3.05, 3.63) is 54.1 Å². The summed E-state index contributed by atoms with van der Waals surface area (Å²) in [5.74, 6) is 0.729. The van der Waals surface area contributed by atoms with Crippen molar-refractivity contribution in [1.82, 2.24) is 4.90 Å². The summed E-state index contributed by atoms with van der Waals surface area (Å²) in [5.41, 5.74) is 2.34. The summed E-state index contributed by atoms with van der Waals surface area (Å²) in [4.78, 5) is 28.3. The Kier molecular flexibility index (Phi) is 7.11. The molecule has 1 N–H and O–H groups in total. The van der Waals surface area contributed by atoms with Crippen LogP contribution in [0.3, 0.4) is 0 Å². The first-order chi connectivity index (χ1) is 14.1. The van der Waals surface area contributed by atoms with E-state index in [0.717, 1.165) is 43.1 Å². The van der Waals surface area contributed by atoms with Gasteiger partial charge in [-0.1, -0.05) is 25.5 Å². The van der Waals surface area contributed by atoms with Crippen molar-refractivity contribution >= 4 is 23.2 Å². The minimum absolute atomic E-state index is 0.105. The van der Waals surface area contributed by atoms with Crippen molar-refractivity contribution in [2.75, 3.05) is 43.0 Å². The van der Waals surface area contributed by atoms with Crippen molar-refractivity contribution in [3.8, 4) is 5.75 Å². The Bertz CT molecular complexity index is 828. The zero-order valence-corrected chi connectivity index (χ0v) is 17.2. The van der Waals surface area contributed by atoms with Crippen molar-refractivity contribution < 1.29 is 14.3 Å². The number of rotatable bonds is 7. The fraction of sp³-hybridized carbons (Fsp3) is 0.391. The zero-order valence-electron chi connectivity index (χ0n) is 17.2. The second kappa shape index (κ2) is 9.96. The summed E-state index contributed by atoms with van der Waals surface area (Å²) in [7, 11) is 0. The van der Waals surface area contributed by atoms with Gasteiger partial charge < -0.3 is 19.9 Å². The first kappa shape index (κ1) is 20.7. The van der Waals surface area contributed by atoms with Gasteiger partial charge in [-0.05, 0) is 42.8 Å². The molecule has 0 saturated carbocycles. The van der Waals surface area contributed by atoms with E-state index in [-0.39, 0.29) is 11.8 Å². The maximum Gasteiger partial charge on any atom is 0.255 e. The van der Waals surface area contributed by atoms with Gasteiger partial charge in [0.05, 0.1) is 18.0 Å². The molecule has 3 rings (SSSR count). The number of piperazine rings is 1. The van der Waals surface area contributed by atoms with E-state index in [2.05, 4.69) is 17.1 Å². The highest BCUT2D eigenvalue weighted by Gasteiger charge is 2.21. The van der Waals surface area contributed by atoms with Gasteiger partial charge >= 0.3 is 0 Å². The van der Waals surface area contributed by atoms with Crippen LogP contribution in [0.5, 0.6) is 5.75 Å². The van der Waals surface area contributed by atoms with Gasteiger partial charge in [-0.3, -0.25) is 9.59 Å². The van der Waals surface area contributed by atoms with Crippen LogP contribution in [0.2, 0.25) is 0 Å². The Labute approximate surface area is 172 Å². The molecule has 6 heteroatoms. The second-order valence-corrected chi connectivity index (χ2v) is 7.19. The Morgan fingerprint density at radius 3 is 2.34 bits per heavy atom. The van der Waals surface area contributed by atoms with Gasteiger partial charge in [-0.15, -0.1) is 0 Å². The highest BCUT2D eigenvalue weighted by molar-refractivity contribution is 6.06. The van der Waals surface area contributed by atoms with E-state index in [1.165, 1.54) is 0 Å². The third kappa shape index (κ3) is 5.50. The van der Waals surface area contributed by atoms with Crippen molar-refractivity contribution in [2.45, 2.75) is 26.7 Å². The maximum atomic E-state index is 12.7. The molecular weight excluding hydrogens is 366 g/mol. The van der Waals surface area contributed by atoms with Crippen LogP contribution in [-0.4, -0.2) is 49.5 Å². The minimum Gasteiger partial charge on any atom is -0.494 e. The number of benzene rings is 2. The Hall–Kier alpha value is -3.02. The SMILES string of the molecule is CCCCOc1ccc(C(=O)Nc2ccccc2N2CCN(C(C)=O)CC2)cc1. The molecule has 2 aromatic carbocycles. The molecule has 0 atom stereocenters. The van der Waals surface area contributed by atoms with E-state index < -0.39 is 0 Å². The molecule has 6 nitrogen and oxygen atoms in total. The van der Waals surface area contributed by atoms with Gasteiger partial charge in [0.1, 0.15) is 5.75 Å². The number of nitrogens with one attached hydrogen (secondary N) is 1. The molecule has 0 radical (unpaired) electrons. The van der Waals surface area contributed by atoms with Crippen LogP contribution in [0.1, 0.15) is 37.0 Å².